The van der Waals surface area contributed by atoms with E-state index in [0.29, 0.717) is 31.1 Å². The quantitative estimate of drug-likeness (QED) is 0.827. The molecule has 0 aliphatic carbocycles. The minimum Gasteiger partial charge on any atom is -0.492 e. The van der Waals surface area contributed by atoms with Crippen molar-refractivity contribution in [1.29, 1.82) is 0 Å². The lowest BCUT2D eigenvalue weighted by molar-refractivity contribution is -0.127. The summed E-state index contributed by atoms with van der Waals surface area (Å²) in [5, 5.41) is 2.91. The lowest BCUT2D eigenvalue weighted by Gasteiger charge is -2.26. The van der Waals surface area contributed by atoms with E-state index in [0.717, 1.165) is 0 Å². The number of amides is 2. The van der Waals surface area contributed by atoms with E-state index in [1.54, 1.807) is 4.90 Å². The molecule has 0 saturated carbocycles. The van der Waals surface area contributed by atoms with Crippen LogP contribution in [0.3, 0.4) is 0 Å². The molecule has 3 N–H and O–H groups in total. The smallest absolute Gasteiger partial charge is 0.227 e. The number of rotatable bonds is 6. The topological polar surface area (TPSA) is 84.7 Å². The van der Waals surface area contributed by atoms with Gasteiger partial charge in [0.15, 0.2) is 0 Å². The van der Waals surface area contributed by atoms with Crippen LogP contribution in [0.2, 0.25) is 0 Å². The van der Waals surface area contributed by atoms with E-state index in [2.05, 4.69) is 5.32 Å². The third kappa shape index (κ3) is 4.01. The summed E-state index contributed by atoms with van der Waals surface area (Å²) in [4.78, 5) is 26.4. The highest BCUT2D eigenvalue weighted by Gasteiger charge is 2.37. The first-order chi connectivity index (χ1) is 10.9. The van der Waals surface area contributed by atoms with Crippen LogP contribution < -0.4 is 20.7 Å². The van der Waals surface area contributed by atoms with E-state index in [9.17, 15) is 9.59 Å². The third-order valence-corrected chi connectivity index (χ3v) is 3.92. The third-order valence-electron chi connectivity index (χ3n) is 3.92. The zero-order chi connectivity index (χ0) is 17.0. The predicted octanol–water partition coefficient (Wildman–Crippen LogP) is 1.29. The van der Waals surface area contributed by atoms with Crippen LogP contribution in [-0.2, 0) is 9.59 Å². The maximum atomic E-state index is 12.4. The average molecular weight is 319 g/mol. The van der Waals surface area contributed by atoms with Crippen molar-refractivity contribution in [3.63, 3.8) is 0 Å². The fraction of sp³-hybridized carbons (Fsp3) is 0.529. The summed E-state index contributed by atoms with van der Waals surface area (Å²) in [6, 6.07) is 7.39. The number of nitrogens with one attached hydrogen (secondary N) is 1. The Morgan fingerprint density at radius 2 is 2.13 bits per heavy atom. The van der Waals surface area contributed by atoms with E-state index in [1.807, 2.05) is 45.0 Å². The zero-order valence-corrected chi connectivity index (χ0v) is 14.0. The van der Waals surface area contributed by atoms with Gasteiger partial charge in [0.2, 0.25) is 11.8 Å². The van der Waals surface area contributed by atoms with Gasteiger partial charge in [0.1, 0.15) is 5.75 Å². The van der Waals surface area contributed by atoms with Crippen LogP contribution in [0.4, 0.5) is 5.69 Å². The zero-order valence-electron chi connectivity index (χ0n) is 14.0. The highest BCUT2D eigenvalue weighted by molar-refractivity contribution is 6.01. The molecule has 1 fully saturated rings. The van der Waals surface area contributed by atoms with Crippen molar-refractivity contribution in [1.82, 2.24) is 5.32 Å². The Morgan fingerprint density at radius 3 is 2.78 bits per heavy atom. The molecule has 1 aromatic carbocycles. The number of benzene rings is 1. The van der Waals surface area contributed by atoms with Crippen LogP contribution in [0, 0.1) is 5.92 Å². The van der Waals surface area contributed by atoms with Crippen molar-refractivity contribution in [2.75, 3.05) is 24.6 Å². The second kappa shape index (κ2) is 7.00. The fourth-order valence-corrected chi connectivity index (χ4v) is 2.56. The molecule has 1 aromatic rings. The van der Waals surface area contributed by atoms with Crippen molar-refractivity contribution < 1.29 is 14.3 Å². The number of para-hydroxylation sites is 2. The van der Waals surface area contributed by atoms with Crippen molar-refractivity contribution in [3.8, 4) is 5.75 Å². The summed E-state index contributed by atoms with van der Waals surface area (Å²) < 4.78 is 5.58. The van der Waals surface area contributed by atoms with Gasteiger partial charge in [-0.3, -0.25) is 9.59 Å². The SMILES string of the molecule is CCOc1ccccc1N1CC(C(=O)NC(C)(C)CN)CC1=O. The van der Waals surface area contributed by atoms with Gasteiger partial charge in [-0.05, 0) is 32.9 Å². The Hall–Kier alpha value is -2.08. The van der Waals surface area contributed by atoms with E-state index < -0.39 is 5.54 Å². The molecule has 0 bridgehead atoms. The summed E-state index contributed by atoms with van der Waals surface area (Å²) in [6.07, 6.45) is 0.201. The largest absolute Gasteiger partial charge is 0.492 e. The number of ether oxygens (including phenoxy) is 1. The summed E-state index contributed by atoms with van der Waals surface area (Å²) in [5.74, 6) is 0.0859. The first-order valence-electron chi connectivity index (χ1n) is 7.92. The van der Waals surface area contributed by atoms with Crippen LogP contribution >= 0.6 is 0 Å². The van der Waals surface area contributed by atoms with Crippen LogP contribution in [0.1, 0.15) is 27.2 Å². The molecule has 1 unspecified atom stereocenters. The van der Waals surface area contributed by atoms with Gasteiger partial charge < -0.3 is 20.7 Å². The summed E-state index contributed by atoms with van der Waals surface area (Å²) in [5.41, 5.74) is 5.88. The van der Waals surface area contributed by atoms with E-state index in [-0.39, 0.29) is 24.2 Å². The first-order valence-corrected chi connectivity index (χ1v) is 7.92. The van der Waals surface area contributed by atoms with Crippen molar-refractivity contribution in [3.05, 3.63) is 24.3 Å². The Labute approximate surface area is 137 Å². The molecule has 23 heavy (non-hydrogen) atoms. The molecule has 2 amide bonds. The first kappa shape index (κ1) is 17.3. The fourth-order valence-electron chi connectivity index (χ4n) is 2.56. The molecule has 1 heterocycles. The lowest BCUT2D eigenvalue weighted by Crippen LogP contribution is -2.51. The van der Waals surface area contributed by atoms with Gasteiger partial charge in [0.05, 0.1) is 18.2 Å². The Balaban J connectivity index is 2.13. The Kier molecular flexibility index (Phi) is 5.26. The number of nitrogens with zero attached hydrogens (tertiary/aromatic N) is 1. The molecule has 0 spiro atoms. The number of carbonyl (C=O) groups excluding carboxylic acids is 2. The predicted molar refractivity (Wildman–Crippen MR) is 89.3 cm³/mol. The van der Waals surface area contributed by atoms with Gasteiger partial charge in [-0.1, -0.05) is 12.1 Å². The molecule has 1 saturated heterocycles. The maximum Gasteiger partial charge on any atom is 0.227 e. The number of nitrogens with two attached hydrogens (primary N) is 1. The molecule has 6 heteroatoms. The number of carbonyl (C=O) groups is 2. The van der Waals surface area contributed by atoms with Gasteiger partial charge in [-0.25, -0.2) is 0 Å². The summed E-state index contributed by atoms with van der Waals surface area (Å²) in [6.45, 7) is 6.85. The molecule has 126 valence electrons. The molecule has 0 aromatic heterocycles. The molecule has 0 radical (unpaired) electrons. The van der Waals surface area contributed by atoms with Crippen molar-refractivity contribution in [2.45, 2.75) is 32.7 Å². The van der Waals surface area contributed by atoms with Gasteiger partial charge in [-0.2, -0.15) is 0 Å². The minimum absolute atomic E-state index is 0.0668. The molecule has 1 aliphatic rings. The van der Waals surface area contributed by atoms with Crippen LogP contribution in [-0.4, -0.2) is 37.0 Å². The van der Waals surface area contributed by atoms with Gasteiger partial charge in [0, 0.05) is 25.0 Å². The molecular weight excluding hydrogens is 294 g/mol. The lowest BCUT2D eigenvalue weighted by atomic mass is 10.0. The van der Waals surface area contributed by atoms with Crippen LogP contribution in [0.5, 0.6) is 5.75 Å². The van der Waals surface area contributed by atoms with Crippen molar-refractivity contribution >= 4 is 17.5 Å². The van der Waals surface area contributed by atoms with Crippen LogP contribution in [0.25, 0.3) is 0 Å². The van der Waals surface area contributed by atoms with Gasteiger partial charge in [0.25, 0.3) is 0 Å². The maximum absolute atomic E-state index is 12.4. The van der Waals surface area contributed by atoms with Gasteiger partial charge in [-0.15, -0.1) is 0 Å². The highest BCUT2D eigenvalue weighted by Crippen LogP contribution is 2.33. The average Bonchev–Trinajstić information content (AvgIpc) is 2.90. The van der Waals surface area contributed by atoms with E-state index in [1.165, 1.54) is 0 Å². The number of hydrogen-bond acceptors (Lipinski definition) is 4. The Morgan fingerprint density at radius 1 is 1.43 bits per heavy atom. The van der Waals surface area contributed by atoms with Gasteiger partial charge >= 0.3 is 0 Å². The number of anilines is 1. The molecular formula is C17H25N3O3. The van der Waals surface area contributed by atoms with Crippen molar-refractivity contribution in [2.24, 2.45) is 11.7 Å². The molecule has 1 aliphatic heterocycles. The second-order valence-electron chi connectivity index (χ2n) is 6.38. The monoisotopic (exact) mass is 319 g/mol. The highest BCUT2D eigenvalue weighted by atomic mass is 16.5. The van der Waals surface area contributed by atoms with E-state index in [4.69, 9.17) is 10.5 Å². The van der Waals surface area contributed by atoms with Crippen LogP contribution in [0.15, 0.2) is 24.3 Å². The Bertz CT molecular complexity index is 586. The molecule has 2 rings (SSSR count). The van der Waals surface area contributed by atoms with E-state index >= 15 is 0 Å². The standard InChI is InChI=1S/C17H25N3O3/c1-4-23-14-8-6-5-7-13(14)20-10-12(9-15(20)21)16(22)19-17(2,3)11-18/h5-8,12H,4,9-11,18H2,1-3H3,(H,19,22). The second-order valence-corrected chi connectivity index (χ2v) is 6.38. The number of hydrogen-bond donors (Lipinski definition) is 2. The normalized spacial score (nSPS) is 18.2. The minimum atomic E-state index is -0.475. The summed E-state index contributed by atoms with van der Waals surface area (Å²) >= 11 is 0. The molecule has 1 atom stereocenters. The summed E-state index contributed by atoms with van der Waals surface area (Å²) in [7, 11) is 0. The molecule has 6 nitrogen and oxygen atoms in total.